The molecule has 0 fully saturated rings. The van der Waals surface area contributed by atoms with Crippen LogP contribution in [-0.4, -0.2) is 15.9 Å². The lowest BCUT2D eigenvalue weighted by atomic mass is 10.2. The first-order valence-electron chi connectivity index (χ1n) is 5.32. The fraction of sp³-hybridized carbons (Fsp3) is 0.727. The Hall–Kier alpha value is -0.350. The number of nitrogens with zero attached hydrogens (tertiary/aromatic N) is 2. The fourth-order valence-electron chi connectivity index (χ4n) is 1.28. The lowest BCUT2D eigenvalue weighted by Crippen LogP contribution is -2.12. The van der Waals surface area contributed by atoms with Gasteiger partial charge in [0.25, 0.3) is 0 Å². The normalized spacial score (nSPS) is 11.7. The summed E-state index contributed by atoms with van der Waals surface area (Å²) in [5, 5.41) is 4.32. The molecule has 86 valence electrons. The van der Waals surface area contributed by atoms with E-state index in [1.165, 1.54) is 0 Å². The van der Waals surface area contributed by atoms with Crippen LogP contribution in [0.2, 0.25) is 0 Å². The van der Waals surface area contributed by atoms with Crippen LogP contribution < -0.4 is 0 Å². The number of halogens is 1. The first kappa shape index (κ1) is 12.7. The van der Waals surface area contributed by atoms with Crippen molar-refractivity contribution in [3.05, 3.63) is 16.4 Å². The summed E-state index contributed by atoms with van der Waals surface area (Å²) >= 11 is 3.49. The Morgan fingerprint density at radius 3 is 2.60 bits per heavy atom. The van der Waals surface area contributed by atoms with E-state index >= 15 is 0 Å². The molecule has 1 heterocycles. The van der Waals surface area contributed by atoms with Gasteiger partial charge in [-0.2, -0.15) is 5.10 Å². The smallest absolute Gasteiger partial charge is 0.0899 e. The quantitative estimate of drug-likeness (QED) is 0.825. The van der Waals surface area contributed by atoms with E-state index in [2.05, 4.69) is 34.9 Å². The van der Waals surface area contributed by atoms with Crippen molar-refractivity contribution in [1.82, 2.24) is 9.78 Å². The van der Waals surface area contributed by atoms with Gasteiger partial charge in [0, 0.05) is 6.54 Å². The van der Waals surface area contributed by atoms with E-state index in [9.17, 15) is 0 Å². The highest BCUT2D eigenvalue weighted by atomic mass is 79.9. The average Bonchev–Trinajstić information content (AvgIpc) is 2.43. The van der Waals surface area contributed by atoms with Gasteiger partial charge in [-0.05, 0) is 35.7 Å². The van der Waals surface area contributed by atoms with Gasteiger partial charge in [0.05, 0.1) is 29.1 Å². The molecule has 0 unspecified atom stereocenters. The molecule has 0 aliphatic heterocycles. The molecule has 0 atom stereocenters. The van der Waals surface area contributed by atoms with Gasteiger partial charge in [0.2, 0.25) is 0 Å². The standard InChI is InChI=1S/C11H19BrN2O/c1-8(2)6-14-11(7-15-9(3)4)10(12)5-13-14/h5,8-9H,6-7H2,1-4H3. The predicted octanol–water partition coefficient (Wildman–Crippen LogP) is 3.23. The highest BCUT2D eigenvalue weighted by Gasteiger charge is 2.10. The van der Waals surface area contributed by atoms with E-state index in [1.54, 1.807) is 0 Å². The van der Waals surface area contributed by atoms with Crippen LogP contribution in [0.15, 0.2) is 10.7 Å². The molecule has 0 amide bonds. The topological polar surface area (TPSA) is 27.1 Å². The van der Waals surface area contributed by atoms with Crippen molar-refractivity contribution < 1.29 is 4.74 Å². The molecule has 0 N–H and O–H groups in total. The summed E-state index contributed by atoms with van der Waals surface area (Å²) in [6.07, 6.45) is 2.08. The maximum Gasteiger partial charge on any atom is 0.0899 e. The highest BCUT2D eigenvalue weighted by molar-refractivity contribution is 9.10. The SMILES string of the molecule is CC(C)Cn1ncc(Br)c1COC(C)C. The van der Waals surface area contributed by atoms with Crippen molar-refractivity contribution >= 4 is 15.9 Å². The molecule has 1 aromatic heterocycles. The Bertz CT molecular complexity index is 308. The van der Waals surface area contributed by atoms with E-state index < -0.39 is 0 Å². The van der Waals surface area contributed by atoms with Crippen molar-refractivity contribution in [2.75, 3.05) is 0 Å². The third kappa shape index (κ3) is 3.95. The summed E-state index contributed by atoms with van der Waals surface area (Å²) in [6.45, 7) is 9.99. The zero-order chi connectivity index (χ0) is 11.4. The lowest BCUT2D eigenvalue weighted by molar-refractivity contribution is 0.0604. The maximum atomic E-state index is 5.60. The van der Waals surface area contributed by atoms with Crippen LogP contribution in [0.3, 0.4) is 0 Å². The summed E-state index contributed by atoms with van der Waals surface area (Å²) in [5.41, 5.74) is 1.12. The third-order valence-corrected chi connectivity index (χ3v) is 2.65. The zero-order valence-corrected chi connectivity index (χ0v) is 11.4. The van der Waals surface area contributed by atoms with Gasteiger partial charge in [-0.15, -0.1) is 0 Å². The zero-order valence-electron chi connectivity index (χ0n) is 9.83. The number of aromatic nitrogens is 2. The summed E-state index contributed by atoms with van der Waals surface area (Å²) in [7, 11) is 0. The number of hydrogen-bond acceptors (Lipinski definition) is 2. The predicted molar refractivity (Wildman–Crippen MR) is 64.7 cm³/mol. The molecule has 0 aliphatic carbocycles. The minimum Gasteiger partial charge on any atom is -0.372 e. The average molecular weight is 275 g/mol. The summed E-state index contributed by atoms with van der Waals surface area (Å²) in [6, 6.07) is 0. The molecule has 4 heteroatoms. The van der Waals surface area contributed by atoms with Crippen molar-refractivity contribution in [2.45, 2.75) is 47.0 Å². The molecular weight excluding hydrogens is 256 g/mol. The number of rotatable bonds is 5. The molecule has 3 nitrogen and oxygen atoms in total. The Morgan fingerprint density at radius 2 is 2.07 bits per heavy atom. The van der Waals surface area contributed by atoms with E-state index in [0.717, 1.165) is 16.7 Å². The Morgan fingerprint density at radius 1 is 1.40 bits per heavy atom. The van der Waals surface area contributed by atoms with Gasteiger partial charge < -0.3 is 4.74 Å². The van der Waals surface area contributed by atoms with E-state index in [0.29, 0.717) is 12.5 Å². The second-order valence-electron chi connectivity index (χ2n) is 4.37. The molecule has 0 aromatic carbocycles. The van der Waals surface area contributed by atoms with Crippen LogP contribution in [0.1, 0.15) is 33.4 Å². The van der Waals surface area contributed by atoms with Crippen LogP contribution in [0.4, 0.5) is 0 Å². The van der Waals surface area contributed by atoms with Gasteiger partial charge in [-0.3, -0.25) is 4.68 Å². The monoisotopic (exact) mass is 274 g/mol. The molecule has 0 bridgehead atoms. The van der Waals surface area contributed by atoms with Gasteiger partial charge in [0.15, 0.2) is 0 Å². The van der Waals surface area contributed by atoms with Gasteiger partial charge in [0.1, 0.15) is 0 Å². The molecule has 0 saturated carbocycles. The molecule has 0 radical (unpaired) electrons. The molecule has 1 rings (SSSR count). The summed E-state index contributed by atoms with van der Waals surface area (Å²) in [5.74, 6) is 0.592. The summed E-state index contributed by atoms with van der Waals surface area (Å²) in [4.78, 5) is 0. The summed E-state index contributed by atoms with van der Waals surface area (Å²) < 4.78 is 8.64. The van der Waals surface area contributed by atoms with Gasteiger partial charge in [-0.25, -0.2) is 0 Å². The molecule has 0 aliphatic rings. The molecule has 1 aromatic rings. The number of hydrogen-bond donors (Lipinski definition) is 0. The van der Waals surface area contributed by atoms with Crippen molar-refractivity contribution in [3.63, 3.8) is 0 Å². The van der Waals surface area contributed by atoms with E-state index in [1.807, 2.05) is 24.7 Å². The first-order chi connectivity index (χ1) is 7.00. The molecule has 0 saturated heterocycles. The van der Waals surface area contributed by atoms with Gasteiger partial charge in [-0.1, -0.05) is 13.8 Å². The molecule has 0 spiro atoms. The van der Waals surface area contributed by atoms with Crippen molar-refractivity contribution in [2.24, 2.45) is 5.92 Å². The largest absolute Gasteiger partial charge is 0.372 e. The van der Waals surface area contributed by atoms with Crippen LogP contribution in [0, 0.1) is 5.92 Å². The first-order valence-corrected chi connectivity index (χ1v) is 6.11. The lowest BCUT2D eigenvalue weighted by Gasteiger charge is -2.12. The Kier molecular flexibility index (Phi) is 4.80. The van der Waals surface area contributed by atoms with Crippen molar-refractivity contribution in [3.8, 4) is 0 Å². The molecule has 15 heavy (non-hydrogen) atoms. The van der Waals surface area contributed by atoms with Crippen LogP contribution in [0.5, 0.6) is 0 Å². The number of ether oxygens (including phenoxy) is 1. The Balaban J connectivity index is 2.70. The van der Waals surface area contributed by atoms with Crippen molar-refractivity contribution in [1.29, 1.82) is 0 Å². The van der Waals surface area contributed by atoms with Crippen LogP contribution >= 0.6 is 15.9 Å². The van der Waals surface area contributed by atoms with E-state index in [4.69, 9.17) is 4.74 Å². The van der Waals surface area contributed by atoms with Crippen LogP contribution in [-0.2, 0) is 17.9 Å². The van der Waals surface area contributed by atoms with Crippen LogP contribution in [0.25, 0.3) is 0 Å². The fourth-order valence-corrected chi connectivity index (χ4v) is 1.69. The minimum atomic E-state index is 0.249. The second-order valence-corrected chi connectivity index (χ2v) is 5.23. The minimum absolute atomic E-state index is 0.249. The second kappa shape index (κ2) is 5.66. The van der Waals surface area contributed by atoms with E-state index in [-0.39, 0.29) is 6.10 Å². The Labute approximate surface area is 99.9 Å². The van der Waals surface area contributed by atoms with Gasteiger partial charge >= 0.3 is 0 Å². The maximum absolute atomic E-state index is 5.60. The third-order valence-electron chi connectivity index (χ3n) is 1.99. The molecular formula is C11H19BrN2O. The highest BCUT2D eigenvalue weighted by Crippen LogP contribution is 2.18.